The van der Waals surface area contributed by atoms with Crippen LogP contribution in [0.2, 0.25) is 0 Å². The third-order valence-electron chi connectivity index (χ3n) is 6.25. The molecule has 0 radical (unpaired) electrons. The molecule has 2 N–H and O–H groups in total. The highest BCUT2D eigenvalue weighted by molar-refractivity contribution is 5.96. The van der Waals surface area contributed by atoms with Crippen molar-refractivity contribution >= 4 is 16.8 Å². The number of phenolic OH excluding ortho intramolecular Hbond substituents is 1. The molecular formula is C32H28N2O3. The van der Waals surface area contributed by atoms with Crippen LogP contribution < -0.4 is 10.1 Å². The fourth-order valence-electron chi connectivity index (χ4n) is 4.33. The van der Waals surface area contributed by atoms with E-state index in [0.29, 0.717) is 30.0 Å². The van der Waals surface area contributed by atoms with Gasteiger partial charge in [-0.1, -0.05) is 66.7 Å². The number of benzene rings is 4. The number of carbonyl (C=O) groups is 1. The molecule has 0 atom stereocenters. The van der Waals surface area contributed by atoms with Crippen molar-refractivity contribution in [1.82, 2.24) is 10.3 Å². The summed E-state index contributed by atoms with van der Waals surface area (Å²) in [5, 5.41) is 14.4. The number of phenols is 1. The number of fused-ring (bicyclic) bond motifs is 1. The van der Waals surface area contributed by atoms with Crippen molar-refractivity contribution in [3.05, 3.63) is 126 Å². The summed E-state index contributed by atoms with van der Waals surface area (Å²) >= 11 is 0. The quantitative estimate of drug-likeness (QED) is 0.231. The topological polar surface area (TPSA) is 71.5 Å². The van der Waals surface area contributed by atoms with E-state index in [2.05, 4.69) is 22.4 Å². The van der Waals surface area contributed by atoms with Gasteiger partial charge in [0.2, 0.25) is 0 Å². The molecule has 5 rings (SSSR count). The van der Waals surface area contributed by atoms with Gasteiger partial charge in [0.05, 0.1) is 0 Å². The van der Waals surface area contributed by atoms with E-state index in [1.807, 2.05) is 72.8 Å². The second-order valence-electron chi connectivity index (χ2n) is 8.90. The van der Waals surface area contributed by atoms with E-state index in [0.717, 1.165) is 34.9 Å². The van der Waals surface area contributed by atoms with Gasteiger partial charge in [-0.3, -0.25) is 9.78 Å². The van der Waals surface area contributed by atoms with E-state index >= 15 is 0 Å². The van der Waals surface area contributed by atoms with Crippen molar-refractivity contribution in [2.24, 2.45) is 0 Å². The van der Waals surface area contributed by atoms with Gasteiger partial charge >= 0.3 is 0 Å². The molecule has 1 aromatic heterocycles. The minimum absolute atomic E-state index is 0.0994. The van der Waals surface area contributed by atoms with Gasteiger partial charge in [0, 0.05) is 29.3 Å². The van der Waals surface area contributed by atoms with Crippen LogP contribution in [0.15, 0.2) is 109 Å². The van der Waals surface area contributed by atoms with Crippen molar-refractivity contribution in [3.8, 4) is 22.6 Å². The van der Waals surface area contributed by atoms with Crippen molar-refractivity contribution in [3.63, 3.8) is 0 Å². The van der Waals surface area contributed by atoms with Gasteiger partial charge < -0.3 is 15.2 Å². The SMILES string of the molecule is O=C(NCCCc1ccccc1)c1ccc(-c2cc(O)c3ncccc3c2)c(OCc2ccccc2)c1. The summed E-state index contributed by atoms with van der Waals surface area (Å²) < 4.78 is 6.23. The lowest BCUT2D eigenvalue weighted by molar-refractivity contribution is 0.0952. The summed E-state index contributed by atoms with van der Waals surface area (Å²) in [5.41, 5.74) is 4.93. The molecule has 1 amide bonds. The number of hydrogen-bond acceptors (Lipinski definition) is 4. The van der Waals surface area contributed by atoms with Crippen LogP contribution in [0.5, 0.6) is 11.5 Å². The molecule has 5 aromatic rings. The molecule has 0 bridgehead atoms. The molecule has 1 heterocycles. The molecule has 0 aliphatic rings. The molecule has 0 saturated carbocycles. The minimum Gasteiger partial charge on any atom is -0.506 e. The molecule has 0 aliphatic carbocycles. The van der Waals surface area contributed by atoms with Gasteiger partial charge in [0.25, 0.3) is 5.91 Å². The Morgan fingerprint density at radius 1 is 0.838 bits per heavy atom. The molecule has 0 fully saturated rings. The maximum Gasteiger partial charge on any atom is 0.251 e. The Labute approximate surface area is 216 Å². The molecule has 5 heteroatoms. The summed E-state index contributed by atoms with van der Waals surface area (Å²) in [5.74, 6) is 0.528. The number of pyridine rings is 1. The van der Waals surface area contributed by atoms with Crippen molar-refractivity contribution < 1.29 is 14.6 Å². The zero-order valence-electron chi connectivity index (χ0n) is 20.4. The van der Waals surface area contributed by atoms with Gasteiger partial charge in [-0.05, 0) is 65.9 Å². The first-order valence-electron chi connectivity index (χ1n) is 12.4. The van der Waals surface area contributed by atoms with Crippen LogP contribution >= 0.6 is 0 Å². The van der Waals surface area contributed by atoms with E-state index in [-0.39, 0.29) is 11.7 Å². The number of amides is 1. The highest BCUT2D eigenvalue weighted by atomic mass is 16.5. The normalized spacial score (nSPS) is 10.8. The number of aromatic hydroxyl groups is 1. The molecular weight excluding hydrogens is 460 g/mol. The summed E-state index contributed by atoms with van der Waals surface area (Å²) in [6.07, 6.45) is 3.42. The summed E-state index contributed by atoms with van der Waals surface area (Å²) in [6, 6.07) is 33.0. The van der Waals surface area contributed by atoms with Gasteiger partial charge in [-0.2, -0.15) is 0 Å². The van der Waals surface area contributed by atoms with Crippen LogP contribution in [0.25, 0.3) is 22.0 Å². The van der Waals surface area contributed by atoms with Gasteiger partial charge in [-0.25, -0.2) is 0 Å². The smallest absolute Gasteiger partial charge is 0.251 e. The standard InChI is InChI=1S/C32H28N2O3/c35-29-20-27(19-25-14-8-17-33-31(25)29)28-16-15-26(21-30(28)37-22-24-11-5-2-6-12-24)32(36)34-18-7-13-23-9-3-1-4-10-23/h1-6,8-12,14-17,19-21,35H,7,13,18,22H2,(H,34,36). The maximum absolute atomic E-state index is 12.9. The largest absolute Gasteiger partial charge is 0.506 e. The molecule has 184 valence electrons. The first-order chi connectivity index (χ1) is 18.2. The van der Waals surface area contributed by atoms with E-state index in [9.17, 15) is 9.90 Å². The number of rotatable bonds is 9. The first kappa shape index (κ1) is 24.1. The third-order valence-corrected chi connectivity index (χ3v) is 6.25. The second-order valence-corrected chi connectivity index (χ2v) is 8.90. The van der Waals surface area contributed by atoms with Crippen LogP contribution in [-0.4, -0.2) is 22.5 Å². The Balaban J connectivity index is 1.38. The molecule has 0 aliphatic heterocycles. The molecule has 5 nitrogen and oxygen atoms in total. The van der Waals surface area contributed by atoms with E-state index in [1.165, 1.54) is 5.56 Å². The van der Waals surface area contributed by atoms with E-state index in [4.69, 9.17) is 4.74 Å². The third kappa shape index (κ3) is 5.96. The van der Waals surface area contributed by atoms with E-state index in [1.54, 1.807) is 24.4 Å². The number of ether oxygens (including phenoxy) is 1. The maximum atomic E-state index is 12.9. The predicted octanol–water partition coefficient (Wildman–Crippen LogP) is 6.55. The van der Waals surface area contributed by atoms with Gasteiger partial charge in [0.1, 0.15) is 23.6 Å². The second kappa shape index (κ2) is 11.4. The first-order valence-corrected chi connectivity index (χ1v) is 12.4. The number of nitrogens with one attached hydrogen (secondary N) is 1. The lowest BCUT2D eigenvalue weighted by Gasteiger charge is -2.15. The number of aromatic nitrogens is 1. The molecule has 4 aromatic carbocycles. The van der Waals surface area contributed by atoms with E-state index < -0.39 is 0 Å². The zero-order chi connectivity index (χ0) is 25.5. The van der Waals surface area contributed by atoms with Crippen LogP contribution in [0.1, 0.15) is 27.9 Å². The fraction of sp³-hybridized carbons (Fsp3) is 0.125. The lowest BCUT2D eigenvalue weighted by Crippen LogP contribution is -2.24. The Morgan fingerprint density at radius 3 is 2.38 bits per heavy atom. The molecule has 0 unspecified atom stereocenters. The molecule has 0 spiro atoms. The van der Waals surface area contributed by atoms with Crippen molar-refractivity contribution in [1.29, 1.82) is 0 Å². The summed E-state index contributed by atoms with van der Waals surface area (Å²) in [6.45, 7) is 0.943. The average molecular weight is 489 g/mol. The lowest BCUT2D eigenvalue weighted by atomic mass is 9.99. The average Bonchev–Trinajstić information content (AvgIpc) is 2.95. The minimum atomic E-state index is -0.144. The Bertz CT molecular complexity index is 1500. The summed E-state index contributed by atoms with van der Waals surface area (Å²) in [7, 11) is 0. The Hall–Kier alpha value is -4.64. The van der Waals surface area contributed by atoms with Crippen molar-refractivity contribution in [2.75, 3.05) is 6.54 Å². The summed E-state index contributed by atoms with van der Waals surface area (Å²) in [4.78, 5) is 17.2. The highest BCUT2D eigenvalue weighted by Crippen LogP contribution is 2.36. The van der Waals surface area contributed by atoms with Crippen LogP contribution in [0.3, 0.4) is 0 Å². The highest BCUT2D eigenvalue weighted by Gasteiger charge is 2.15. The number of nitrogens with zero attached hydrogens (tertiary/aromatic N) is 1. The van der Waals surface area contributed by atoms with Gasteiger partial charge in [0.15, 0.2) is 0 Å². The number of carbonyl (C=O) groups excluding carboxylic acids is 1. The van der Waals surface area contributed by atoms with Crippen LogP contribution in [0, 0.1) is 0 Å². The van der Waals surface area contributed by atoms with Crippen LogP contribution in [-0.2, 0) is 13.0 Å². The molecule has 0 saturated heterocycles. The van der Waals surface area contributed by atoms with Gasteiger partial charge in [-0.15, -0.1) is 0 Å². The fourth-order valence-corrected chi connectivity index (χ4v) is 4.33. The van der Waals surface area contributed by atoms with Crippen molar-refractivity contribution in [2.45, 2.75) is 19.4 Å². The predicted molar refractivity (Wildman–Crippen MR) is 147 cm³/mol. The van der Waals surface area contributed by atoms with Crippen LogP contribution in [0.4, 0.5) is 0 Å². The number of hydrogen-bond donors (Lipinski definition) is 2. The Morgan fingerprint density at radius 2 is 1.59 bits per heavy atom. The monoisotopic (exact) mass is 488 g/mol. The Kier molecular flexibility index (Phi) is 7.42. The zero-order valence-corrected chi connectivity index (χ0v) is 20.4. The number of aryl methyl sites for hydroxylation is 1. The molecule has 37 heavy (non-hydrogen) atoms.